The van der Waals surface area contributed by atoms with Crippen LogP contribution in [0.2, 0.25) is 0 Å². The molecule has 0 unspecified atom stereocenters. The summed E-state index contributed by atoms with van der Waals surface area (Å²) in [6.07, 6.45) is 7.32. The second kappa shape index (κ2) is 10.2. The lowest BCUT2D eigenvalue weighted by Gasteiger charge is -2.18. The summed E-state index contributed by atoms with van der Waals surface area (Å²) < 4.78 is 10.6. The number of benzene rings is 2. The van der Waals surface area contributed by atoms with Crippen molar-refractivity contribution in [2.24, 2.45) is 0 Å². The van der Waals surface area contributed by atoms with E-state index in [1.54, 1.807) is 14.2 Å². The molecular weight excluding hydrogens is 376 g/mol. The summed E-state index contributed by atoms with van der Waals surface area (Å²) in [4.78, 5) is 14.9. The lowest BCUT2D eigenvalue weighted by Crippen LogP contribution is -2.27. The van der Waals surface area contributed by atoms with Gasteiger partial charge in [-0.15, -0.1) is 0 Å². The molecule has 1 amide bonds. The fourth-order valence-corrected chi connectivity index (χ4v) is 3.88. The molecule has 0 spiro atoms. The highest BCUT2D eigenvalue weighted by Gasteiger charge is 2.16. The molecule has 0 heterocycles. The molecule has 0 atom stereocenters. The van der Waals surface area contributed by atoms with Crippen molar-refractivity contribution in [2.45, 2.75) is 32.1 Å². The zero-order chi connectivity index (χ0) is 21.5. The van der Waals surface area contributed by atoms with Crippen LogP contribution in [0, 0.1) is 0 Å². The Morgan fingerprint density at radius 1 is 1.00 bits per heavy atom. The molecule has 1 N–H and O–H groups in total. The smallest absolute Gasteiger partial charge is 0.253 e. The van der Waals surface area contributed by atoms with Gasteiger partial charge in [0.1, 0.15) is 0 Å². The van der Waals surface area contributed by atoms with E-state index in [2.05, 4.69) is 23.5 Å². The minimum Gasteiger partial charge on any atom is -0.493 e. The van der Waals surface area contributed by atoms with E-state index in [1.165, 1.54) is 24.0 Å². The molecule has 0 radical (unpaired) electrons. The van der Waals surface area contributed by atoms with Crippen LogP contribution in [0.25, 0.3) is 5.57 Å². The van der Waals surface area contributed by atoms with Crippen molar-refractivity contribution in [3.05, 3.63) is 64.9 Å². The number of ether oxygens (including phenoxy) is 2. The first-order valence-corrected chi connectivity index (χ1v) is 10.5. The molecule has 0 bridgehead atoms. The van der Waals surface area contributed by atoms with Gasteiger partial charge in [-0.05, 0) is 66.5 Å². The number of fused-ring (bicyclic) bond motifs is 1. The van der Waals surface area contributed by atoms with E-state index in [9.17, 15) is 4.79 Å². The second-order valence-corrected chi connectivity index (χ2v) is 7.89. The monoisotopic (exact) mass is 408 g/mol. The molecular formula is C25H32N2O3. The first-order valence-electron chi connectivity index (χ1n) is 10.5. The fourth-order valence-electron chi connectivity index (χ4n) is 3.88. The van der Waals surface area contributed by atoms with Gasteiger partial charge in [0, 0.05) is 26.8 Å². The number of carbonyl (C=O) groups is 1. The number of nitrogens with zero attached hydrogens (tertiary/aromatic N) is 1. The van der Waals surface area contributed by atoms with Crippen LogP contribution in [0.5, 0.6) is 11.5 Å². The van der Waals surface area contributed by atoms with Crippen molar-refractivity contribution >= 4 is 11.5 Å². The van der Waals surface area contributed by atoms with Gasteiger partial charge < -0.3 is 19.7 Å². The third-order valence-electron chi connectivity index (χ3n) is 5.44. The maximum absolute atomic E-state index is 13.0. The topological polar surface area (TPSA) is 50.8 Å². The normalized spacial score (nSPS) is 13.4. The highest BCUT2D eigenvalue weighted by atomic mass is 16.5. The van der Waals surface area contributed by atoms with Crippen molar-refractivity contribution < 1.29 is 14.3 Å². The van der Waals surface area contributed by atoms with E-state index < -0.39 is 0 Å². The van der Waals surface area contributed by atoms with Crippen LogP contribution in [0.1, 0.15) is 35.1 Å². The first kappa shape index (κ1) is 21.8. The van der Waals surface area contributed by atoms with Gasteiger partial charge in [-0.25, -0.2) is 0 Å². The van der Waals surface area contributed by atoms with Gasteiger partial charge >= 0.3 is 0 Å². The van der Waals surface area contributed by atoms with Crippen LogP contribution in [-0.4, -0.2) is 45.7 Å². The quantitative estimate of drug-likeness (QED) is 0.674. The zero-order valence-corrected chi connectivity index (χ0v) is 18.5. The molecule has 2 aromatic carbocycles. The number of carbonyl (C=O) groups excluding carboxylic acids is 1. The molecule has 0 saturated heterocycles. The van der Waals surface area contributed by atoms with Crippen LogP contribution >= 0.6 is 0 Å². The SMILES string of the molecule is COc1ccc(CCNC(=O)/C(=C\N(C)C)c2ccc3c(c2)CCCC3)cc1OC. The van der Waals surface area contributed by atoms with Crippen molar-refractivity contribution in [2.75, 3.05) is 34.9 Å². The Kier molecular flexibility index (Phi) is 7.39. The third-order valence-corrected chi connectivity index (χ3v) is 5.44. The largest absolute Gasteiger partial charge is 0.493 e. The Labute approximate surface area is 179 Å². The second-order valence-electron chi connectivity index (χ2n) is 7.89. The molecule has 30 heavy (non-hydrogen) atoms. The molecule has 0 fully saturated rings. The summed E-state index contributed by atoms with van der Waals surface area (Å²) in [5.74, 6) is 1.34. The molecule has 5 heteroatoms. The van der Waals surface area contributed by atoms with E-state index >= 15 is 0 Å². The van der Waals surface area contributed by atoms with E-state index in [0.29, 0.717) is 30.0 Å². The van der Waals surface area contributed by atoms with Gasteiger partial charge in [0.05, 0.1) is 19.8 Å². The van der Waals surface area contributed by atoms with Gasteiger partial charge in [0.15, 0.2) is 11.5 Å². The Morgan fingerprint density at radius 2 is 1.73 bits per heavy atom. The number of nitrogens with one attached hydrogen (secondary N) is 1. The summed E-state index contributed by atoms with van der Waals surface area (Å²) in [5, 5.41) is 3.08. The number of hydrogen-bond donors (Lipinski definition) is 1. The highest BCUT2D eigenvalue weighted by molar-refractivity contribution is 6.19. The average Bonchev–Trinajstić information content (AvgIpc) is 2.76. The molecule has 0 saturated carbocycles. The number of hydrogen-bond acceptors (Lipinski definition) is 4. The molecule has 0 aromatic heterocycles. The molecule has 160 valence electrons. The highest BCUT2D eigenvalue weighted by Crippen LogP contribution is 2.28. The molecule has 5 nitrogen and oxygen atoms in total. The van der Waals surface area contributed by atoms with Crippen LogP contribution < -0.4 is 14.8 Å². The van der Waals surface area contributed by atoms with E-state index in [4.69, 9.17) is 9.47 Å². The summed E-state index contributed by atoms with van der Waals surface area (Å²) >= 11 is 0. The lowest BCUT2D eigenvalue weighted by atomic mass is 9.89. The van der Waals surface area contributed by atoms with Gasteiger partial charge in [-0.3, -0.25) is 4.79 Å². The minimum atomic E-state index is -0.0556. The fraction of sp³-hybridized carbons (Fsp3) is 0.400. The molecule has 2 aromatic rings. The van der Waals surface area contributed by atoms with E-state index in [0.717, 1.165) is 24.0 Å². The zero-order valence-electron chi connectivity index (χ0n) is 18.5. The first-order chi connectivity index (χ1) is 14.5. The number of aryl methyl sites for hydroxylation is 2. The van der Waals surface area contributed by atoms with Crippen molar-refractivity contribution in [1.29, 1.82) is 0 Å². The predicted octanol–water partition coefficient (Wildman–Crippen LogP) is 3.84. The maximum Gasteiger partial charge on any atom is 0.253 e. The number of amides is 1. The Balaban J connectivity index is 1.69. The lowest BCUT2D eigenvalue weighted by molar-refractivity contribution is -0.115. The average molecular weight is 409 g/mol. The van der Waals surface area contributed by atoms with Crippen molar-refractivity contribution in [3.8, 4) is 11.5 Å². The van der Waals surface area contributed by atoms with Crippen LogP contribution in [0.15, 0.2) is 42.6 Å². The van der Waals surface area contributed by atoms with Gasteiger partial charge in [-0.1, -0.05) is 24.3 Å². The van der Waals surface area contributed by atoms with Gasteiger partial charge in [-0.2, -0.15) is 0 Å². The Hall–Kier alpha value is -2.95. The standard InChI is InChI=1S/C25H32N2O3/c1-27(2)17-22(21-11-10-19-7-5-6-8-20(19)16-21)25(28)26-14-13-18-9-12-23(29-3)24(15-18)30-4/h9-12,15-17H,5-8,13-14H2,1-4H3,(H,26,28)/b22-17-. The van der Waals surface area contributed by atoms with Crippen molar-refractivity contribution in [3.63, 3.8) is 0 Å². The van der Waals surface area contributed by atoms with Gasteiger partial charge in [0.2, 0.25) is 0 Å². The Morgan fingerprint density at radius 3 is 2.43 bits per heavy atom. The predicted molar refractivity (Wildman–Crippen MR) is 121 cm³/mol. The summed E-state index contributed by atoms with van der Waals surface area (Å²) in [6.45, 7) is 0.546. The van der Waals surface area contributed by atoms with Gasteiger partial charge in [0.25, 0.3) is 5.91 Å². The molecule has 3 rings (SSSR count). The maximum atomic E-state index is 13.0. The Bertz CT molecular complexity index is 919. The summed E-state index contributed by atoms with van der Waals surface area (Å²) in [6, 6.07) is 12.3. The number of methoxy groups -OCH3 is 2. The molecule has 1 aliphatic rings. The van der Waals surface area contributed by atoms with Crippen LogP contribution in [-0.2, 0) is 24.1 Å². The summed E-state index contributed by atoms with van der Waals surface area (Å²) in [5.41, 5.74) is 5.55. The number of rotatable bonds is 8. The van der Waals surface area contributed by atoms with Crippen molar-refractivity contribution in [1.82, 2.24) is 10.2 Å². The minimum absolute atomic E-state index is 0.0556. The van der Waals surface area contributed by atoms with E-state index in [1.807, 2.05) is 43.4 Å². The summed E-state index contributed by atoms with van der Waals surface area (Å²) in [7, 11) is 7.13. The third kappa shape index (κ3) is 5.35. The van der Waals surface area contributed by atoms with E-state index in [-0.39, 0.29) is 5.91 Å². The van der Waals surface area contributed by atoms with Crippen LogP contribution in [0.3, 0.4) is 0 Å². The molecule has 1 aliphatic carbocycles. The molecule has 0 aliphatic heterocycles. The van der Waals surface area contributed by atoms with Crippen LogP contribution in [0.4, 0.5) is 0 Å².